The second kappa shape index (κ2) is 7.08. The molecule has 1 saturated heterocycles. The van der Waals surface area contributed by atoms with Crippen LogP contribution in [0.25, 0.3) is 0 Å². The predicted octanol–water partition coefficient (Wildman–Crippen LogP) is 0.830. The van der Waals surface area contributed by atoms with Crippen LogP contribution in [0.4, 0.5) is 0 Å². The fourth-order valence-corrected chi connectivity index (χ4v) is 1.24. The Morgan fingerprint density at radius 1 is 1.58 bits per heavy atom. The first kappa shape index (κ1) is 11.4. The summed E-state index contributed by atoms with van der Waals surface area (Å²) in [5.74, 6) is 0. The SMILES string of the molecule is CC.CN1CCNC(CC#N)C1. The Morgan fingerprint density at radius 2 is 2.25 bits per heavy atom. The minimum atomic E-state index is 0.392. The summed E-state index contributed by atoms with van der Waals surface area (Å²) < 4.78 is 0. The second-order valence-electron chi connectivity index (χ2n) is 2.78. The summed E-state index contributed by atoms with van der Waals surface area (Å²) >= 11 is 0. The van der Waals surface area contributed by atoms with E-state index < -0.39 is 0 Å². The van der Waals surface area contributed by atoms with E-state index in [4.69, 9.17) is 5.26 Å². The van der Waals surface area contributed by atoms with E-state index in [1.54, 1.807) is 0 Å². The molecule has 1 heterocycles. The fraction of sp³-hybridized carbons (Fsp3) is 0.889. The monoisotopic (exact) mass is 169 g/mol. The molecule has 1 unspecified atom stereocenters. The van der Waals surface area contributed by atoms with Gasteiger partial charge in [-0.15, -0.1) is 0 Å². The highest BCUT2D eigenvalue weighted by Crippen LogP contribution is 1.98. The highest BCUT2D eigenvalue weighted by Gasteiger charge is 2.14. The minimum Gasteiger partial charge on any atom is -0.310 e. The number of hydrogen-bond acceptors (Lipinski definition) is 3. The van der Waals surface area contributed by atoms with Gasteiger partial charge in [0.1, 0.15) is 0 Å². The zero-order valence-corrected chi connectivity index (χ0v) is 8.30. The molecule has 3 heteroatoms. The van der Waals surface area contributed by atoms with Gasteiger partial charge in [0.25, 0.3) is 0 Å². The van der Waals surface area contributed by atoms with Gasteiger partial charge in [0.2, 0.25) is 0 Å². The van der Waals surface area contributed by atoms with Crippen LogP contribution in [-0.4, -0.2) is 37.6 Å². The average Bonchev–Trinajstić information content (AvgIpc) is 2.09. The summed E-state index contributed by atoms with van der Waals surface area (Å²) in [4.78, 5) is 2.25. The van der Waals surface area contributed by atoms with Gasteiger partial charge in [-0.2, -0.15) is 5.26 Å². The number of piperazine rings is 1. The fourth-order valence-electron chi connectivity index (χ4n) is 1.24. The highest BCUT2D eigenvalue weighted by molar-refractivity contribution is 4.85. The van der Waals surface area contributed by atoms with Crippen LogP contribution < -0.4 is 5.32 Å². The molecular weight excluding hydrogens is 150 g/mol. The number of nitrogens with one attached hydrogen (secondary N) is 1. The zero-order chi connectivity index (χ0) is 9.40. The van der Waals surface area contributed by atoms with Crippen molar-refractivity contribution in [2.75, 3.05) is 26.7 Å². The Bertz CT molecular complexity index is 139. The molecule has 0 aromatic carbocycles. The summed E-state index contributed by atoms with van der Waals surface area (Å²) in [7, 11) is 2.09. The van der Waals surface area contributed by atoms with Gasteiger partial charge in [-0.3, -0.25) is 0 Å². The molecule has 0 saturated carbocycles. The Hall–Kier alpha value is -0.590. The third kappa shape index (κ3) is 4.32. The molecule has 0 spiro atoms. The molecule has 0 amide bonds. The Kier molecular flexibility index (Phi) is 6.73. The number of hydrogen-bond donors (Lipinski definition) is 1. The van der Waals surface area contributed by atoms with Crippen molar-refractivity contribution in [2.45, 2.75) is 26.3 Å². The van der Waals surface area contributed by atoms with E-state index in [2.05, 4.69) is 23.3 Å². The maximum Gasteiger partial charge on any atom is 0.0638 e. The van der Waals surface area contributed by atoms with Crippen LogP contribution in [-0.2, 0) is 0 Å². The molecular formula is C9H19N3. The first-order chi connectivity index (χ1) is 5.83. The van der Waals surface area contributed by atoms with Crippen LogP contribution in [0.15, 0.2) is 0 Å². The van der Waals surface area contributed by atoms with Gasteiger partial charge in [0.15, 0.2) is 0 Å². The summed E-state index contributed by atoms with van der Waals surface area (Å²) in [5, 5.41) is 11.7. The van der Waals surface area contributed by atoms with E-state index in [1.807, 2.05) is 13.8 Å². The molecule has 12 heavy (non-hydrogen) atoms. The van der Waals surface area contributed by atoms with Crippen LogP contribution in [0.1, 0.15) is 20.3 Å². The van der Waals surface area contributed by atoms with Gasteiger partial charge in [-0.05, 0) is 7.05 Å². The van der Waals surface area contributed by atoms with Crippen LogP contribution in [0, 0.1) is 11.3 Å². The van der Waals surface area contributed by atoms with E-state index in [0.717, 1.165) is 19.6 Å². The van der Waals surface area contributed by atoms with Crippen LogP contribution in [0.2, 0.25) is 0 Å². The molecule has 0 aromatic rings. The van der Waals surface area contributed by atoms with E-state index >= 15 is 0 Å². The van der Waals surface area contributed by atoms with Gasteiger partial charge < -0.3 is 10.2 Å². The van der Waals surface area contributed by atoms with Crippen LogP contribution >= 0.6 is 0 Å². The first-order valence-electron chi connectivity index (χ1n) is 4.62. The van der Waals surface area contributed by atoms with Gasteiger partial charge in [-0.25, -0.2) is 0 Å². The van der Waals surface area contributed by atoms with Crippen molar-refractivity contribution >= 4 is 0 Å². The topological polar surface area (TPSA) is 39.1 Å². The van der Waals surface area contributed by atoms with Crippen molar-refractivity contribution in [3.8, 4) is 6.07 Å². The molecule has 0 radical (unpaired) electrons. The molecule has 0 bridgehead atoms. The van der Waals surface area contributed by atoms with Crippen molar-refractivity contribution < 1.29 is 0 Å². The van der Waals surface area contributed by atoms with E-state index in [1.165, 1.54) is 0 Å². The molecule has 0 aliphatic carbocycles. The molecule has 3 nitrogen and oxygen atoms in total. The van der Waals surface area contributed by atoms with Crippen molar-refractivity contribution in [3.05, 3.63) is 0 Å². The first-order valence-corrected chi connectivity index (χ1v) is 4.62. The Morgan fingerprint density at radius 3 is 2.75 bits per heavy atom. The molecule has 1 rings (SSSR count). The summed E-state index contributed by atoms with van der Waals surface area (Å²) in [6, 6.07) is 2.56. The van der Waals surface area contributed by atoms with Crippen molar-refractivity contribution in [3.63, 3.8) is 0 Å². The van der Waals surface area contributed by atoms with E-state index in [-0.39, 0.29) is 0 Å². The van der Waals surface area contributed by atoms with E-state index in [0.29, 0.717) is 12.5 Å². The number of rotatable bonds is 1. The smallest absolute Gasteiger partial charge is 0.0638 e. The molecule has 0 aromatic heterocycles. The van der Waals surface area contributed by atoms with Crippen molar-refractivity contribution in [1.29, 1.82) is 5.26 Å². The maximum atomic E-state index is 8.40. The molecule has 1 aliphatic heterocycles. The lowest BCUT2D eigenvalue weighted by atomic mass is 10.2. The van der Waals surface area contributed by atoms with E-state index in [9.17, 15) is 0 Å². The number of likely N-dealkylation sites (N-methyl/N-ethyl adjacent to an activating group) is 1. The largest absolute Gasteiger partial charge is 0.310 e. The summed E-state index contributed by atoms with van der Waals surface area (Å²) in [6.45, 7) is 7.12. The standard InChI is InChI=1S/C7H13N3.C2H6/c1-10-5-4-9-7(6-10)2-3-8;1-2/h7,9H,2,4-6H2,1H3;1-2H3. The maximum absolute atomic E-state index is 8.40. The van der Waals surface area contributed by atoms with Crippen LogP contribution in [0.5, 0.6) is 0 Å². The lowest BCUT2D eigenvalue weighted by Gasteiger charge is -2.29. The summed E-state index contributed by atoms with van der Waals surface area (Å²) in [6.07, 6.45) is 0.629. The van der Waals surface area contributed by atoms with Crippen molar-refractivity contribution in [2.24, 2.45) is 0 Å². The average molecular weight is 169 g/mol. The quantitative estimate of drug-likeness (QED) is 0.632. The number of nitrogens with zero attached hydrogens (tertiary/aromatic N) is 2. The second-order valence-corrected chi connectivity index (χ2v) is 2.78. The molecule has 1 fully saturated rings. The molecule has 70 valence electrons. The zero-order valence-electron chi connectivity index (χ0n) is 8.30. The van der Waals surface area contributed by atoms with Gasteiger partial charge in [0, 0.05) is 25.7 Å². The number of nitriles is 1. The lowest BCUT2D eigenvalue weighted by Crippen LogP contribution is -2.48. The third-order valence-corrected chi connectivity index (χ3v) is 1.80. The highest BCUT2D eigenvalue weighted by atomic mass is 15.2. The molecule has 1 N–H and O–H groups in total. The van der Waals surface area contributed by atoms with Gasteiger partial charge in [-0.1, -0.05) is 13.8 Å². The Balaban J connectivity index is 0.000000561. The third-order valence-electron chi connectivity index (χ3n) is 1.80. The lowest BCUT2D eigenvalue weighted by molar-refractivity contribution is 0.240. The van der Waals surface area contributed by atoms with Crippen LogP contribution in [0.3, 0.4) is 0 Å². The minimum absolute atomic E-state index is 0.392. The van der Waals surface area contributed by atoms with Gasteiger partial charge >= 0.3 is 0 Å². The summed E-state index contributed by atoms with van der Waals surface area (Å²) in [5.41, 5.74) is 0. The molecule has 1 aliphatic rings. The molecule has 1 atom stereocenters. The normalized spacial score (nSPS) is 23.7. The van der Waals surface area contributed by atoms with Crippen molar-refractivity contribution in [1.82, 2.24) is 10.2 Å². The predicted molar refractivity (Wildman–Crippen MR) is 50.9 cm³/mol. The Labute approximate surface area is 75.4 Å². The van der Waals surface area contributed by atoms with Gasteiger partial charge in [0.05, 0.1) is 12.5 Å².